The molecule has 0 aromatic carbocycles. The predicted molar refractivity (Wildman–Crippen MR) is 88.5 cm³/mol. The third-order valence-corrected chi connectivity index (χ3v) is 5.32. The van der Waals surface area contributed by atoms with Crippen LogP contribution in [0.2, 0.25) is 0 Å². The molecule has 1 saturated carbocycles. The molecule has 1 fully saturated rings. The normalized spacial score (nSPS) is 36.6. The number of Topliss-reactive ketones (excluding diaryl/α,β-unsaturated/α-hetero) is 1. The molecule has 0 radical (unpaired) electrons. The number of ether oxygens (including phenoxy) is 1. The lowest BCUT2D eigenvalue weighted by Gasteiger charge is -2.44. The van der Waals surface area contributed by atoms with Gasteiger partial charge in [0.1, 0.15) is 11.7 Å². The summed E-state index contributed by atoms with van der Waals surface area (Å²) < 4.78 is 4.52. The Balaban J connectivity index is 2.51. The molecule has 122 valence electrons. The first-order valence-corrected chi connectivity index (χ1v) is 8.63. The topological polar surface area (TPSA) is 95.9 Å². The number of nitrogens with one attached hydrogen (secondary N) is 1. The molecule has 2 unspecified atom stereocenters. The Bertz CT molecular complexity index is 656. The number of aliphatic hydroxyl groups excluding tert-OH is 1. The highest BCUT2D eigenvalue weighted by Gasteiger charge is 2.54. The summed E-state index contributed by atoms with van der Waals surface area (Å²) in [6.45, 7) is 0. The Labute approximate surface area is 142 Å². The van der Waals surface area contributed by atoms with E-state index in [0.29, 0.717) is 0 Å². The third-order valence-electron chi connectivity index (χ3n) is 3.70. The maximum absolute atomic E-state index is 12.4. The quantitative estimate of drug-likeness (QED) is 0.315. The second-order valence-corrected chi connectivity index (χ2v) is 6.47. The zero-order valence-electron chi connectivity index (χ0n) is 12.1. The van der Waals surface area contributed by atoms with Crippen molar-refractivity contribution < 1.29 is 24.5 Å². The van der Waals surface area contributed by atoms with E-state index in [4.69, 9.17) is 0 Å². The lowest BCUT2D eigenvalue weighted by atomic mass is 9.71. The number of thiol groups is 1. The Hall–Kier alpha value is -1.58. The van der Waals surface area contributed by atoms with Crippen molar-refractivity contribution in [1.82, 2.24) is 5.32 Å². The van der Waals surface area contributed by atoms with E-state index in [1.54, 1.807) is 0 Å². The molecule has 3 N–H and O–H groups in total. The monoisotopic (exact) mass is 353 g/mol. The van der Waals surface area contributed by atoms with Gasteiger partial charge in [0, 0.05) is 12.3 Å². The average Bonchev–Trinajstić information content (AvgIpc) is 2.51. The third kappa shape index (κ3) is 3.67. The summed E-state index contributed by atoms with van der Waals surface area (Å²) >= 11 is 4.15. The van der Waals surface area contributed by atoms with Crippen LogP contribution in [-0.4, -0.2) is 52.2 Å². The van der Waals surface area contributed by atoms with Gasteiger partial charge in [0.25, 0.3) is 0 Å². The minimum atomic E-state index is -1.67. The highest BCUT2D eigenvalue weighted by Crippen LogP contribution is 2.42. The van der Waals surface area contributed by atoms with E-state index < -0.39 is 40.8 Å². The van der Waals surface area contributed by atoms with Crippen molar-refractivity contribution in [3.63, 3.8) is 0 Å². The zero-order chi connectivity index (χ0) is 17.0. The number of carbonyl (C=O) groups is 2. The maximum atomic E-state index is 12.4. The van der Waals surface area contributed by atoms with Crippen molar-refractivity contribution in [3.8, 4) is 23.7 Å². The van der Waals surface area contributed by atoms with E-state index in [9.17, 15) is 19.8 Å². The molecule has 8 heteroatoms. The van der Waals surface area contributed by atoms with E-state index in [-0.39, 0.29) is 6.42 Å². The molecule has 5 atom stereocenters. The van der Waals surface area contributed by atoms with Crippen LogP contribution < -0.4 is 5.32 Å². The van der Waals surface area contributed by atoms with Crippen LogP contribution in [0.4, 0.5) is 4.79 Å². The van der Waals surface area contributed by atoms with E-state index in [0.717, 1.165) is 10.8 Å². The number of carbonyl (C=O) groups excluding carboxylic acids is 2. The Morgan fingerprint density at radius 3 is 2.87 bits per heavy atom. The van der Waals surface area contributed by atoms with Crippen LogP contribution >= 0.6 is 22.5 Å². The number of alkyl carbamates (subject to hydrolysis) is 1. The minimum absolute atomic E-state index is 0.294. The standard InChI is InChI=1S/C15H15NO5S2/c1-21-14(19)16-12-10(18)8-15(20)7-5-3-2-4-6-9(17)11(12)13(15)23-22/h2-3,9,11-13,17,20,22H,8H2,1H3,(H,16,19)/b3-2-/t9-,11-,12?,13?,15-/m0/s1. The molecule has 2 aliphatic carbocycles. The smallest absolute Gasteiger partial charge is 0.407 e. The molecular weight excluding hydrogens is 338 g/mol. The Morgan fingerprint density at radius 1 is 1.52 bits per heavy atom. The number of allylic oxidation sites excluding steroid dienone is 2. The summed E-state index contributed by atoms with van der Waals surface area (Å²) in [7, 11) is 2.14. The minimum Gasteiger partial charge on any atom is -0.453 e. The molecule has 0 aliphatic heterocycles. The van der Waals surface area contributed by atoms with Gasteiger partial charge in [-0.05, 0) is 12.2 Å². The fourth-order valence-corrected chi connectivity index (χ4v) is 4.35. The van der Waals surface area contributed by atoms with Crippen molar-refractivity contribution in [1.29, 1.82) is 0 Å². The summed E-state index contributed by atoms with van der Waals surface area (Å²) in [5, 5.41) is 22.8. The number of hydrogen-bond donors (Lipinski definition) is 4. The summed E-state index contributed by atoms with van der Waals surface area (Å²) in [5.74, 6) is 9.13. The van der Waals surface area contributed by atoms with Gasteiger partial charge in [-0.1, -0.05) is 34.5 Å². The van der Waals surface area contributed by atoms with Crippen molar-refractivity contribution in [2.75, 3.05) is 7.11 Å². The van der Waals surface area contributed by atoms with Gasteiger partial charge in [-0.3, -0.25) is 4.79 Å². The number of fused-ring (bicyclic) bond motifs is 2. The lowest BCUT2D eigenvalue weighted by Crippen LogP contribution is -2.63. The molecule has 2 aliphatic rings. The predicted octanol–water partition coefficient (Wildman–Crippen LogP) is -0.0848. The number of hydrogen-bond acceptors (Lipinski definition) is 7. The second kappa shape index (κ2) is 7.33. The van der Waals surface area contributed by atoms with E-state index in [1.165, 1.54) is 19.3 Å². The fourth-order valence-electron chi connectivity index (χ4n) is 2.65. The van der Waals surface area contributed by atoms with Crippen molar-refractivity contribution in [3.05, 3.63) is 12.2 Å². The van der Waals surface area contributed by atoms with Crippen LogP contribution in [0.1, 0.15) is 6.42 Å². The van der Waals surface area contributed by atoms with Crippen molar-refractivity contribution in [2.45, 2.75) is 29.4 Å². The SMILES string of the molecule is COC(=O)NC1C(=O)C[C@@]2(O)C#C/C=C\C#C[C@H](O)[C@@H]1C2SS. The molecule has 6 nitrogen and oxygen atoms in total. The van der Waals surface area contributed by atoms with Crippen LogP contribution in [0.15, 0.2) is 12.2 Å². The molecule has 1 amide bonds. The molecule has 2 rings (SSSR count). The van der Waals surface area contributed by atoms with Gasteiger partial charge in [0.2, 0.25) is 0 Å². The van der Waals surface area contributed by atoms with E-state index in [2.05, 4.69) is 45.4 Å². The van der Waals surface area contributed by atoms with Crippen LogP contribution in [0.5, 0.6) is 0 Å². The second-order valence-electron chi connectivity index (χ2n) is 5.12. The van der Waals surface area contributed by atoms with Crippen molar-refractivity contribution >= 4 is 34.3 Å². The molecule has 0 heterocycles. The van der Waals surface area contributed by atoms with Gasteiger partial charge in [-0.2, -0.15) is 0 Å². The summed E-state index contributed by atoms with van der Waals surface area (Å²) in [6, 6.07) is -1.05. The van der Waals surface area contributed by atoms with Crippen LogP contribution in [0.25, 0.3) is 0 Å². The van der Waals surface area contributed by atoms with Gasteiger partial charge in [-0.15, -0.1) is 11.7 Å². The molecule has 2 bridgehead atoms. The van der Waals surface area contributed by atoms with Gasteiger partial charge in [-0.25, -0.2) is 4.79 Å². The molecule has 0 aromatic heterocycles. The van der Waals surface area contributed by atoms with Gasteiger partial charge < -0.3 is 20.3 Å². The highest BCUT2D eigenvalue weighted by molar-refractivity contribution is 8.68. The molecule has 0 aromatic rings. The molecule has 23 heavy (non-hydrogen) atoms. The summed E-state index contributed by atoms with van der Waals surface area (Å²) in [6.07, 6.45) is 0.509. The zero-order valence-corrected chi connectivity index (χ0v) is 13.9. The number of amides is 1. The fraction of sp³-hybridized carbons (Fsp3) is 0.467. The number of ketones is 1. The van der Waals surface area contributed by atoms with Crippen LogP contribution in [0.3, 0.4) is 0 Å². The molecule has 0 spiro atoms. The number of aliphatic hydroxyl groups is 2. The summed E-state index contributed by atoms with van der Waals surface area (Å²) in [5.41, 5.74) is -1.67. The van der Waals surface area contributed by atoms with Crippen molar-refractivity contribution in [2.24, 2.45) is 5.92 Å². The van der Waals surface area contributed by atoms with Gasteiger partial charge >= 0.3 is 6.09 Å². The summed E-state index contributed by atoms with van der Waals surface area (Å²) in [4.78, 5) is 23.9. The number of methoxy groups -OCH3 is 1. The van der Waals surface area contributed by atoms with Gasteiger partial charge in [0.05, 0.1) is 18.4 Å². The molecule has 0 saturated heterocycles. The number of rotatable bonds is 2. The largest absolute Gasteiger partial charge is 0.453 e. The molecular formula is C15H15NO5S2. The van der Waals surface area contributed by atoms with Crippen LogP contribution in [0, 0.1) is 29.6 Å². The van der Waals surface area contributed by atoms with E-state index >= 15 is 0 Å². The maximum Gasteiger partial charge on any atom is 0.407 e. The first kappa shape index (κ1) is 17.8. The van der Waals surface area contributed by atoms with E-state index in [1.807, 2.05) is 0 Å². The highest BCUT2D eigenvalue weighted by atomic mass is 33.1. The first-order chi connectivity index (χ1) is 10.9. The Morgan fingerprint density at radius 2 is 2.22 bits per heavy atom. The first-order valence-electron chi connectivity index (χ1n) is 6.69. The Kier molecular flexibility index (Phi) is 5.66. The lowest BCUT2D eigenvalue weighted by molar-refractivity contribution is -0.131. The van der Waals surface area contributed by atoms with Gasteiger partial charge in [0.15, 0.2) is 5.78 Å². The van der Waals surface area contributed by atoms with Crippen LogP contribution in [-0.2, 0) is 9.53 Å². The average molecular weight is 353 g/mol.